The van der Waals surface area contributed by atoms with E-state index in [9.17, 15) is 14.0 Å². The Labute approximate surface area is 135 Å². The minimum Gasteiger partial charge on any atom is -0.254 e. The second kappa shape index (κ2) is 5.32. The lowest BCUT2D eigenvalue weighted by Gasteiger charge is -2.08. The van der Waals surface area contributed by atoms with Crippen LogP contribution >= 0.6 is 0 Å². The number of aromatic nitrogens is 3. The van der Waals surface area contributed by atoms with Crippen LogP contribution in [-0.2, 0) is 0 Å². The average molecular weight is 318 g/mol. The zero-order valence-electron chi connectivity index (χ0n) is 12.2. The molecule has 0 bridgehead atoms. The molecular formula is C18H8F2N4. The Morgan fingerprint density at radius 2 is 1.50 bits per heavy atom. The van der Waals surface area contributed by atoms with Crippen LogP contribution in [0.25, 0.3) is 22.5 Å². The molecular weight excluding hydrogens is 310 g/mol. The van der Waals surface area contributed by atoms with E-state index in [-0.39, 0.29) is 5.57 Å². The molecule has 0 aromatic carbocycles. The summed E-state index contributed by atoms with van der Waals surface area (Å²) < 4.78 is 28.3. The zero-order chi connectivity index (χ0) is 16.7. The molecule has 1 aliphatic carbocycles. The van der Waals surface area contributed by atoms with Gasteiger partial charge in [-0.05, 0) is 18.2 Å². The molecule has 0 saturated carbocycles. The minimum atomic E-state index is -1.03. The first-order valence-corrected chi connectivity index (χ1v) is 7.08. The molecule has 0 radical (unpaired) electrons. The van der Waals surface area contributed by atoms with Gasteiger partial charge in [-0.15, -0.1) is 0 Å². The molecule has 0 atom stereocenters. The van der Waals surface area contributed by atoms with Gasteiger partial charge in [0.25, 0.3) is 0 Å². The summed E-state index contributed by atoms with van der Waals surface area (Å²) in [5.74, 6) is -1.86. The van der Waals surface area contributed by atoms with Gasteiger partial charge in [-0.25, -0.2) is 9.37 Å². The Bertz CT molecular complexity index is 983. The predicted octanol–water partition coefficient (Wildman–Crippen LogP) is 3.61. The number of allylic oxidation sites excluding steroid dienone is 1. The fraction of sp³-hybridized carbons (Fsp3) is 0. The van der Waals surface area contributed by atoms with Crippen molar-refractivity contribution < 1.29 is 8.78 Å². The number of fused-ring (bicyclic) bond motifs is 3. The number of hydrogen-bond acceptors (Lipinski definition) is 4. The lowest BCUT2D eigenvalue weighted by Crippen LogP contribution is -1.99. The molecule has 0 N–H and O–H groups in total. The summed E-state index contributed by atoms with van der Waals surface area (Å²) in [6.07, 6.45) is 4.24. The van der Waals surface area contributed by atoms with Gasteiger partial charge in [0.1, 0.15) is 11.9 Å². The maximum Gasteiger partial charge on any atom is 0.224 e. The van der Waals surface area contributed by atoms with E-state index in [1.54, 1.807) is 36.7 Å². The predicted molar refractivity (Wildman–Crippen MR) is 83.2 cm³/mol. The third kappa shape index (κ3) is 1.92. The lowest BCUT2D eigenvalue weighted by atomic mass is 9.95. The van der Waals surface area contributed by atoms with Gasteiger partial charge in [0.05, 0.1) is 22.5 Å². The molecule has 3 aromatic heterocycles. The van der Waals surface area contributed by atoms with Crippen molar-refractivity contribution >= 4 is 11.1 Å². The van der Waals surface area contributed by atoms with Crippen LogP contribution in [0.2, 0.25) is 0 Å². The Hall–Kier alpha value is -3.46. The summed E-state index contributed by atoms with van der Waals surface area (Å²) in [4.78, 5) is 12.1. The molecule has 0 fully saturated rings. The maximum atomic E-state index is 14.2. The second-order valence-electron chi connectivity index (χ2n) is 5.12. The standard InChI is InChI=1S/C18H8F2N4/c19-13-5-8-24-18(20)15(13)12(9-21)14-10-3-1-6-22-16(10)17-11(14)4-2-7-23-17/h1-8H. The van der Waals surface area contributed by atoms with E-state index >= 15 is 0 Å². The maximum absolute atomic E-state index is 14.2. The Kier molecular flexibility index (Phi) is 3.14. The van der Waals surface area contributed by atoms with Crippen molar-refractivity contribution in [2.75, 3.05) is 0 Å². The molecule has 0 saturated heterocycles. The van der Waals surface area contributed by atoms with Crippen LogP contribution < -0.4 is 0 Å². The lowest BCUT2D eigenvalue weighted by molar-refractivity contribution is 0.546. The van der Waals surface area contributed by atoms with Crippen molar-refractivity contribution in [2.24, 2.45) is 0 Å². The van der Waals surface area contributed by atoms with Crippen LogP contribution in [0, 0.1) is 23.1 Å². The van der Waals surface area contributed by atoms with Crippen LogP contribution in [-0.4, -0.2) is 15.0 Å². The van der Waals surface area contributed by atoms with E-state index < -0.39 is 17.3 Å². The van der Waals surface area contributed by atoms with Gasteiger partial charge >= 0.3 is 0 Å². The van der Waals surface area contributed by atoms with Gasteiger partial charge in [-0.3, -0.25) is 9.97 Å². The van der Waals surface area contributed by atoms with Gasteiger partial charge in [-0.1, -0.05) is 12.1 Å². The number of halogens is 2. The topological polar surface area (TPSA) is 62.5 Å². The van der Waals surface area contributed by atoms with Crippen LogP contribution in [0.5, 0.6) is 0 Å². The summed E-state index contributed by atoms with van der Waals surface area (Å²) in [5.41, 5.74) is 2.24. The highest BCUT2D eigenvalue weighted by Gasteiger charge is 2.30. The quantitative estimate of drug-likeness (QED) is 0.397. The van der Waals surface area contributed by atoms with E-state index in [0.717, 1.165) is 12.3 Å². The molecule has 24 heavy (non-hydrogen) atoms. The molecule has 4 nitrogen and oxygen atoms in total. The molecule has 0 amide bonds. The summed E-state index contributed by atoms with van der Waals surface area (Å²) >= 11 is 0. The molecule has 6 heteroatoms. The van der Waals surface area contributed by atoms with Crippen molar-refractivity contribution in [1.82, 2.24) is 15.0 Å². The minimum absolute atomic E-state index is 0.126. The van der Waals surface area contributed by atoms with Gasteiger partial charge in [-0.2, -0.15) is 9.65 Å². The highest BCUT2D eigenvalue weighted by Crippen LogP contribution is 2.45. The molecule has 4 rings (SSSR count). The van der Waals surface area contributed by atoms with Crippen LogP contribution in [0.15, 0.2) is 48.9 Å². The zero-order valence-corrected chi connectivity index (χ0v) is 12.2. The van der Waals surface area contributed by atoms with Crippen LogP contribution in [0.4, 0.5) is 8.78 Å². The Balaban J connectivity index is 2.15. The van der Waals surface area contributed by atoms with Gasteiger partial charge in [0, 0.05) is 35.3 Å². The van der Waals surface area contributed by atoms with E-state index in [1.165, 1.54) is 0 Å². The fourth-order valence-electron chi connectivity index (χ4n) is 2.88. The monoisotopic (exact) mass is 318 g/mol. The van der Waals surface area contributed by atoms with E-state index in [2.05, 4.69) is 15.0 Å². The first-order valence-electron chi connectivity index (χ1n) is 7.08. The van der Waals surface area contributed by atoms with Crippen molar-refractivity contribution in [3.63, 3.8) is 0 Å². The summed E-state index contributed by atoms with van der Waals surface area (Å²) in [7, 11) is 0. The molecule has 3 heterocycles. The first-order chi connectivity index (χ1) is 11.7. The summed E-state index contributed by atoms with van der Waals surface area (Å²) in [6.45, 7) is 0. The van der Waals surface area contributed by atoms with Gasteiger partial charge in [0.2, 0.25) is 5.95 Å². The molecule has 1 aliphatic rings. The van der Waals surface area contributed by atoms with Crippen molar-refractivity contribution in [2.45, 2.75) is 0 Å². The van der Waals surface area contributed by atoms with Crippen LogP contribution in [0.3, 0.4) is 0 Å². The number of nitriles is 1. The molecule has 114 valence electrons. The third-order valence-electron chi connectivity index (χ3n) is 3.84. The van der Waals surface area contributed by atoms with Gasteiger partial charge < -0.3 is 0 Å². The highest BCUT2D eigenvalue weighted by atomic mass is 19.1. The Morgan fingerprint density at radius 1 is 0.875 bits per heavy atom. The Morgan fingerprint density at radius 3 is 2.04 bits per heavy atom. The summed E-state index contributed by atoms with van der Waals surface area (Å²) in [6, 6.07) is 9.87. The largest absolute Gasteiger partial charge is 0.254 e. The number of pyridine rings is 3. The second-order valence-corrected chi connectivity index (χ2v) is 5.12. The molecule has 3 aromatic rings. The van der Waals surface area contributed by atoms with Crippen LogP contribution in [0.1, 0.15) is 16.7 Å². The van der Waals surface area contributed by atoms with E-state index in [0.29, 0.717) is 28.1 Å². The fourth-order valence-corrected chi connectivity index (χ4v) is 2.88. The molecule has 0 spiro atoms. The normalized spacial score (nSPS) is 11.6. The van der Waals surface area contributed by atoms with E-state index in [1.807, 2.05) is 6.07 Å². The van der Waals surface area contributed by atoms with Crippen molar-refractivity contribution in [3.05, 3.63) is 77.4 Å². The average Bonchev–Trinajstić information content (AvgIpc) is 2.93. The number of hydrogen-bond donors (Lipinski definition) is 0. The van der Waals surface area contributed by atoms with E-state index in [4.69, 9.17) is 0 Å². The van der Waals surface area contributed by atoms with Crippen molar-refractivity contribution in [1.29, 1.82) is 5.26 Å². The molecule has 0 aliphatic heterocycles. The third-order valence-corrected chi connectivity index (χ3v) is 3.84. The smallest absolute Gasteiger partial charge is 0.224 e. The molecule has 0 unspecified atom stereocenters. The number of nitrogens with zero attached hydrogens (tertiary/aromatic N) is 4. The van der Waals surface area contributed by atoms with Gasteiger partial charge in [0.15, 0.2) is 0 Å². The number of rotatable bonds is 1. The summed E-state index contributed by atoms with van der Waals surface area (Å²) in [5, 5.41) is 9.63. The SMILES string of the molecule is N#CC(=C1c2cccnc2-c2ncccc21)c1c(F)ccnc1F. The first kappa shape index (κ1) is 14.2. The highest BCUT2D eigenvalue weighted by molar-refractivity contribution is 6.11. The van der Waals surface area contributed by atoms with Crippen molar-refractivity contribution in [3.8, 4) is 17.5 Å².